The number of hydrogen-bond acceptors (Lipinski definition) is 5. The Hall–Kier alpha value is -2.63. The van der Waals surface area contributed by atoms with Gasteiger partial charge in [-0.3, -0.25) is 14.4 Å². The van der Waals surface area contributed by atoms with Crippen LogP contribution in [-0.2, 0) is 19.1 Å². The van der Waals surface area contributed by atoms with Crippen molar-refractivity contribution in [3.63, 3.8) is 0 Å². The highest BCUT2D eigenvalue weighted by atomic mass is 16.5. The molecule has 1 aliphatic carbocycles. The van der Waals surface area contributed by atoms with Gasteiger partial charge < -0.3 is 14.8 Å². The SMILES string of the molecule is CCOc1ccc([C@@H]2CC(=O)NC3=C2C(=O)[C@@H](C(=O)OC)[C@@H](C)C3)cc1. The normalized spacial score (nSPS) is 25.4. The zero-order valence-electron chi connectivity index (χ0n) is 15.2. The van der Waals surface area contributed by atoms with E-state index >= 15 is 0 Å². The number of ether oxygens (including phenoxy) is 2. The first kappa shape index (κ1) is 18.2. The Balaban J connectivity index is 2.00. The Bertz CT molecular complexity index is 765. The standard InChI is InChI=1S/C20H23NO5/c1-4-26-13-7-5-12(6-8-13)14-10-16(22)21-15-9-11(2)17(20(24)25-3)19(23)18(14)15/h5-8,11,14,17H,4,9-10H2,1-3H3,(H,21,22)/t11-,14-,17-/m0/s1. The topological polar surface area (TPSA) is 81.7 Å². The molecule has 138 valence electrons. The molecule has 1 aromatic carbocycles. The fourth-order valence-electron chi connectivity index (χ4n) is 3.85. The molecule has 2 aliphatic rings. The molecule has 0 saturated carbocycles. The van der Waals surface area contributed by atoms with Crippen LogP contribution in [0.15, 0.2) is 35.5 Å². The minimum Gasteiger partial charge on any atom is -0.494 e. The van der Waals surface area contributed by atoms with Crippen LogP contribution in [0.4, 0.5) is 0 Å². The Kier molecular flexibility index (Phi) is 5.11. The monoisotopic (exact) mass is 357 g/mol. The first-order valence-electron chi connectivity index (χ1n) is 8.84. The molecule has 26 heavy (non-hydrogen) atoms. The summed E-state index contributed by atoms with van der Waals surface area (Å²) in [7, 11) is 1.29. The van der Waals surface area contributed by atoms with Gasteiger partial charge in [0.2, 0.25) is 5.91 Å². The molecule has 6 nitrogen and oxygen atoms in total. The van der Waals surface area contributed by atoms with Crippen LogP contribution in [0.5, 0.6) is 5.75 Å². The van der Waals surface area contributed by atoms with Gasteiger partial charge >= 0.3 is 5.97 Å². The highest BCUT2D eigenvalue weighted by Crippen LogP contribution is 2.42. The lowest BCUT2D eigenvalue weighted by Crippen LogP contribution is -2.44. The summed E-state index contributed by atoms with van der Waals surface area (Å²) in [5.74, 6) is -1.53. The van der Waals surface area contributed by atoms with Crippen molar-refractivity contribution in [3.8, 4) is 5.75 Å². The summed E-state index contributed by atoms with van der Waals surface area (Å²) >= 11 is 0. The van der Waals surface area contributed by atoms with Crippen LogP contribution in [0.1, 0.15) is 38.2 Å². The Morgan fingerprint density at radius 2 is 1.88 bits per heavy atom. The number of rotatable bonds is 4. The Morgan fingerprint density at radius 1 is 1.19 bits per heavy atom. The molecule has 1 aromatic rings. The highest BCUT2D eigenvalue weighted by Gasteiger charge is 2.45. The van der Waals surface area contributed by atoms with Gasteiger partial charge in [-0.15, -0.1) is 0 Å². The van der Waals surface area contributed by atoms with Crippen LogP contribution < -0.4 is 10.1 Å². The lowest BCUT2D eigenvalue weighted by molar-refractivity contribution is -0.151. The predicted octanol–water partition coefficient (Wildman–Crippen LogP) is 2.34. The van der Waals surface area contributed by atoms with Gasteiger partial charge in [0.05, 0.1) is 13.7 Å². The van der Waals surface area contributed by atoms with E-state index in [1.165, 1.54) is 7.11 Å². The van der Waals surface area contributed by atoms with Gasteiger partial charge in [0.15, 0.2) is 5.78 Å². The average Bonchev–Trinajstić information content (AvgIpc) is 2.61. The predicted molar refractivity (Wildman–Crippen MR) is 94.4 cm³/mol. The van der Waals surface area contributed by atoms with E-state index in [2.05, 4.69) is 5.32 Å². The molecule has 3 atom stereocenters. The molecule has 0 fully saturated rings. The second kappa shape index (κ2) is 7.32. The third-order valence-corrected chi connectivity index (χ3v) is 5.05. The van der Waals surface area contributed by atoms with Crippen LogP contribution in [-0.4, -0.2) is 31.4 Å². The largest absolute Gasteiger partial charge is 0.494 e. The van der Waals surface area contributed by atoms with Crippen LogP contribution in [0.25, 0.3) is 0 Å². The minimum atomic E-state index is -0.820. The number of ketones is 1. The summed E-state index contributed by atoms with van der Waals surface area (Å²) in [6.45, 7) is 4.30. The van der Waals surface area contributed by atoms with Gasteiger partial charge in [0.1, 0.15) is 11.7 Å². The molecule has 0 saturated heterocycles. The number of carbonyl (C=O) groups excluding carboxylic acids is 3. The molecule has 3 rings (SSSR count). The average molecular weight is 357 g/mol. The maximum atomic E-state index is 13.1. The quantitative estimate of drug-likeness (QED) is 0.661. The molecular weight excluding hydrogens is 334 g/mol. The van der Waals surface area contributed by atoms with Crippen LogP contribution in [0.2, 0.25) is 0 Å². The van der Waals surface area contributed by atoms with Gasteiger partial charge in [-0.1, -0.05) is 19.1 Å². The Labute approximate surface area is 152 Å². The fraction of sp³-hybridized carbons (Fsp3) is 0.450. The maximum Gasteiger partial charge on any atom is 0.316 e. The van der Waals surface area contributed by atoms with Gasteiger partial charge in [0.25, 0.3) is 0 Å². The molecule has 1 heterocycles. The third-order valence-electron chi connectivity index (χ3n) is 5.05. The van der Waals surface area contributed by atoms with Crippen molar-refractivity contribution in [1.29, 1.82) is 0 Å². The van der Waals surface area contributed by atoms with Gasteiger partial charge in [-0.05, 0) is 37.0 Å². The molecule has 1 N–H and O–H groups in total. The highest BCUT2D eigenvalue weighted by molar-refractivity contribution is 6.11. The summed E-state index contributed by atoms with van der Waals surface area (Å²) in [6.07, 6.45) is 0.654. The number of esters is 1. The van der Waals surface area contributed by atoms with E-state index in [0.717, 1.165) is 11.3 Å². The Morgan fingerprint density at radius 3 is 2.50 bits per heavy atom. The molecular formula is C20H23NO5. The summed E-state index contributed by atoms with van der Waals surface area (Å²) < 4.78 is 10.3. The van der Waals surface area contributed by atoms with Gasteiger partial charge in [0, 0.05) is 23.6 Å². The molecule has 1 amide bonds. The van der Waals surface area contributed by atoms with Crippen LogP contribution >= 0.6 is 0 Å². The number of allylic oxidation sites excluding steroid dienone is 2. The summed E-state index contributed by atoms with van der Waals surface area (Å²) in [6, 6.07) is 7.41. The lowest BCUT2D eigenvalue weighted by Gasteiger charge is -2.36. The molecule has 0 aromatic heterocycles. The minimum absolute atomic E-state index is 0.112. The molecule has 1 aliphatic heterocycles. The summed E-state index contributed by atoms with van der Waals surface area (Å²) in [5, 5.41) is 2.83. The van der Waals surface area contributed by atoms with Crippen molar-refractivity contribution in [3.05, 3.63) is 41.1 Å². The summed E-state index contributed by atoms with van der Waals surface area (Å²) in [4.78, 5) is 37.4. The van der Waals surface area contributed by atoms with E-state index in [1.54, 1.807) is 0 Å². The van der Waals surface area contributed by atoms with E-state index < -0.39 is 11.9 Å². The van der Waals surface area contributed by atoms with E-state index in [-0.39, 0.29) is 29.9 Å². The first-order chi connectivity index (χ1) is 12.5. The second-order valence-electron chi connectivity index (χ2n) is 6.75. The first-order valence-corrected chi connectivity index (χ1v) is 8.84. The zero-order valence-corrected chi connectivity index (χ0v) is 15.2. The van der Waals surface area contributed by atoms with Crippen molar-refractivity contribution in [2.24, 2.45) is 11.8 Å². The van der Waals surface area contributed by atoms with Gasteiger partial charge in [-0.25, -0.2) is 0 Å². The lowest BCUT2D eigenvalue weighted by atomic mass is 9.70. The van der Waals surface area contributed by atoms with E-state index in [9.17, 15) is 14.4 Å². The third kappa shape index (κ3) is 3.23. The molecule has 6 heteroatoms. The maximum absolute atomic E-state index is 13.1. The fourth-order valence-corrected chi connectivity index (χ4v) is 3.85. The number of Topliss-reactive ketones (excluding diaryl/α,β-unsaturated/α-hetero) is 1. The van der Waals surface area contributed by atoms with Crippen LogP contribution in [0.3, 0.4) is 0 Å². The van der Waals surface area contributed by atoms with E-state index in [4.69, 9.17) is 9.47 Å². The number of benzene rings is 1. The number of amides is 1. The number of methoxy groups -OCH3 is 1. The molecule has 0 unspecified atom stereocenters. The van der Waals surface area contributed by atoms with Crippen molar-refractivity contribution >= 4 is 17.7 Å². The number of hydrogen-bond donors (Lipinski definition) is 1. The van der Waals surface area contributed by atoms with Crippen molar-refractivity contribution in [2.75, 3.05) is 13.7 Å². The van der Waals surface area contributed by atoms with Crippen molar-refractivity contribution in [2.45, 2.75) is 32.6 Å². The molecule has 0 radical (unpaired) electrons. The molecule has 0 bridgehead atoms. The van der Waals surface area contributed by atoms with E-state index in [0.29, 0.717) is 24.3 Å². The molecule has 0 spiro atoms. The second-order valence-corrected chi connectivity index (χ2v) is 6.75. The summed E-state index contributed by atoms with van der Waals surface area (Å²) in [5.41, 5.74) is 2.03. The number of carbonyl (C=O) groups is 3. The van der Waals surface area contributed by atoms with Crippen molar-refractivity contribution in [1.82, 2.24) is 5.32 Å². The van der Waals surface area contributed by atoms with Crippen LogP contribution in [0, 0.1) is 11.8 Å². The van der Waals surface area contributed by atoms with Gasteiger partial charge in [-0.2, -0.15) is 0 Å². The smallest absolute Gasteiger partial charge is 0.316 e. The zero-order chi connectivity index (χ0) is 18.8. The van der Waals surface area contributed by atoms with E-state index in [1.807, 2.05) is 38.1 Å². The van der Waals surface area contributed by atoms with Crippen molar-refractivity contribution < 1.29 is 23.9 Å². The number of nitrogens with one attached hydrogen (secondary N) is 1.